The summed E-state index contributed by atoms with van der Waals surface area (Å²) in [4.78, 5) is 20.3. The van der Waals surface area contributed by atoms with Crippen molar-refractivity contribution in [1.82, 2.24) is 0 Å². The molecule has 0 saturated carbocycles. The van der Waals surface area contributed by atoms with Gasteiger partial charge in [-0.15, -0.1) is 0 Å². The molecule has 0 aliphatic rings. The molecule has 0 spiro atoms. The fourth-order valence-electron chi connectivity index (χ4n) is 0.888. The zero-order chi connectivity index (χ0) is 10.0. The first-order chi connectivity index (χ1) is 6.04. The second-order valence-electron chi connectivity index (χ2n) is 2.21. The van der Waals surface area contributed by atoms with Crippen LogP contribution in [0.4, 0.5) is 13.2 Å². The summed E-state index contributed by atoms with van der Waals surface area (Å²) in [6.45, 7) is 0. The van der Waals surface area contributed by atoms with Gasteiger partial charge in [-0.25, -0.2) is 4.39 Å². The van der Waals surface area contributed by atoms with Crippen molar-refractivity contribution in [3.05, 3.63) is 35.1 Å². The maximum absolute atomic E-state index is 12.7. The molecule has 0 atom stereocenters. The summed E-state index contributed by atoms with van der Waals surface area (Å²) < 4.78 is 36.9. The van der Waals surface area contributed by atoms with Gasteiger partial charge in [0.2, 0.25) is 0 Å². The summed E-state index contributed by atoms with van der Waals surface area (Å²) in [5.41, 5.74) is -2.05. The van der Waals surface area contributed by atoms with Crippen LogP contribution in [-0.2, 0) is 0 Å². The van der Waals surface area contributed by atoms with Gasteiger partial charge >= 0.3 is 12.1 Å². The molecule has 0 radical (unpaired) electrons. The second-order valence-corrected chi connectivity index (χ2v) is 2.21. The Morgan fingerprint density at radius 1 is 1.08 bits per heavy atom. The van der Waals surface area contributed by atoms with Crippen LogP contribution in [0.2, 0.25) is 0 Å². The van der Waals surface area contributed by atoms with Crippen molar-refractivity contribution in [2.75, 3.05) is 0 Å². The van der Waals surface area contributed by atoms with Gasteiger partial charge in [-0.1, -0.05) is 6.07 Å². The number of carbonyl (C=O) groups is 2. The largest absolute Gasteiger partial charge is 0.335 e. The molecular formula is C8H3F3O2. The van der Waals surface area contributed by atoms with Crippen molar-refractivity contribution in [2.45, 2.75) is 0 Å². The first-order valence-electron chi connectivity index (χ1n) is 3.22. The van der Waals surface area contributed by atoms with Crippen molar-refractivity contribution in [3.8, 4) is 0 Å². The van der Waals surface area contributed by atoms with Crippen LogP contribution in [0.25, 0.3) is 0 Å². The van der Waals surface area contributed by atoms with Gasteiger partial charge in [-0.2, -0.15) is 8.78 Å². The third-order valence-electron chi connectivity index (χ3n) is 1.42. The van der Waals surface area contributed by atoms with E-state index in [1.54, 1.807) is 0 Å². The van der Waals surface area contributed by atoms with Crippen molar-refractivity contribution >= 4 is 12.1 Å². The predicted octanol–water partition coefficient (Wildman–Crippen LogP) is 2.05. The molecule has 1 aromatic carbocycles. The zero-order valence-electron chi connectivity index (χ0n) is 6.18. The fraction of sp³-hybridized carbons (Fsp3) is 0. The van der Waals surface area contributed by atoms with E-state index in [2.05, 4.69) is 0 Å². The lowest BCUT2D eigenvalue weighted by atomic mass is 10.1. The van der Waals surface area contributed by atoms with Gasteiger partial charge in [-0.05, 0) is 12.1 Å². The lowest BCUT2D eigenvalue weighted by Gasteiger charge is -1.99. The predicted molar refractivity (Wildman–Crippen MR) is 37.3 cm³/mol. The standard InChI is InChI=1S/C8H3F3O2/c9-5-3-1-2-4(7(10)12)6(5)8(11)13/h1-3H. The van der Waals surface area contributed by atoms with Gasteiger partial charge in [0, 0.05) is 0 Å². The van der Waals surface area contributed by atoms with Gasteiger partial charge in [0.05, 0.1) is 5.56 Å². The van der Waals surface area contributed by atoms with E-state index in [9.17, 15) is 22.8 Å². The summed E-state index contributed by atoms with van der Waals surface area (Å²) in [7, 11) is 0. The number of benzene rings is 1. The third-order valence-corrected chi connectivity index (χ3v) is 1.42. The minimum atomic E-state index is -2.17. The van der Waals surface area contributed by atoms with Crippen LogP contribution in [0, 0.1) is 5.82 Å². The minimum Gasteiger partial charge on any atom is -0.255 e. The topological polar surface area (TPSA) is 34.1 Å². The molecule has 68 valence electrons. The van der Waals surface area contributed by atoms with E-state index in [1.807, 2.05) is 0 Å². The van der Waals surface area contributed by atoms with Gasteiger partial charge < -0.3 is 0 Å². The van der Waals surface area contributed by atoms with Crippen LogP contribution in [0.15, 0.2) is 18.2 Å². The molecule has 1 aromatic rings. The minimum absolute atomic E-state index is 0.763. The van der Waals surface area contributed by atoms with Crippen molar-refractivity contribution < 1.29 is 22.8 Å². The highest BCUT2D eigenvalue weighted by Crippen LogP contribution is 2.15. The van der Waals surface area contributed by atoms with E-state index < -0.39 is 29.0 Å². The Hall–Kier alpha value is -1.65. The molecule has 0 N–H and O–H groups in total. The monoisotopic (exact) mass is 188 g/mol. The number of halogens is 3. The van der Waals surface area contributed by atoms with Crippen LogP contribution < -0.4 is 0 Å². The Balaban J connectivity index is 3.43. The lowest BCUT2D eigenvalue weighted by molar-refractivity contribution is 0.0792. The second kappa shape index (κ2) is 3.38. The highest BCUT2D eigenvalue weighted by atomic mass is 19.1. The maximum atomic E-state index is 12.7. The number of hydrogen-bond donors (Lipinski definition) is 0. The molecule has 13 heavy (non-hydrogen) atoms. The highest BCUT2D eigenvalue weighted by molar-refractivity contribution is 6.02. The Morgan fingerprint density at radius 3 is 2.08 bits per heavy atom. The highest BCUT2D eigenvalue weighted by Gasteiger charge is 2.20. The molecule has 0 fully saturated rings. The van der Waals surface area contributed by atoms with Crippen molar-refractivity contribution in [3.63, 3.8) is 0 Å². The van der Waals surface area contributed by atoms with Gasteiger partial charge in [0.1, 0.15) is 11.4 Å². The molecule has 0 unspecified atom stereocenters. The number of rotatable bonds is 2. The molecule has 5 heteroatoms. The van der Waals surface area contributed by atoms with Crippen molar-refractivity contribution in [2.24, 2.45) is 0 Å². The number of carbonyl (C=O) groups excluding carboxylic acids is 2. The van der Waals surface area contributed by atoms with Gasteiger partial charge in [0.15, 0.2) is 0 Å². The SMILES string of the molecule is O=C(F)c1cccc(F)c1C(=O)F. The first kappa shape index (κ1) is 9.44. The lowest BCUT2D eigenvalue weighted by Crippen LogP contribution is -2.04. The Kier molecular flexibility index (Phi) is 2.46. The van der Waals surface area contributed by atoms with E-state index in [0.29, 0.717) is 0 Å². The van der Waals surface area contributed by atoms with E-state index in [0.717, 1.165) is 18.2 Å². The molecule has 0 amide bonds. The summed E-state index contributed by atoms with van der Waals surface area (Å²) in [5.74, 6) is -1.25. The van der Waals surface area contributed by atoms with Gasteiger partial charge in [0.25, 0.3) is 0 Å². The Labute approximate surface area is 71.0 Å². The summed E-state index contributed by atoms with van der Waals surface area (Å²) in [6, 6.07) is -1.61. The van der Waals surface area contributed by atoms with Gasteiger partial charge in [-0.3, -0.25) is 9.59 Å². The average molecular weight is 188 g/mol. The Morgan fingerprint density at radius 2 is 1.69 bits per heavy atom. The molecule has 2 nitrogen and oxygen atoms in total. The van der Waals surface area contributed by atoms with Crippen LogP contribution in [0.3, 0.4) is 0 Å². The first-order valence-corrected chi connectivity index (χ1v) is 3.22. The molecule has 0 bridgehead atoms. The maximum Gasteiger partial charge on any atom is 0.335 e. The van der Waals surface area contributed by atoms with Crippen LogP contribution in [0.1, 0.15) is 20.7 Å². The molecule has 0 aliphatic heterocycles. The van der Waals surface area contributed by atoms with Crippen LogP contribution in [-0.4, -0.2) is 12.1 Å². The summed E-state index contributed by atoms with van der Waals surface area (Å²) in [5, 5.41) is 0. The van der Waals surface area contributed by atoms with E-state index in [-0.39, 0.29) is 0 Å². The van der Waals surface area contributed by atoms with Crippen LogP contribution >= 0.6 is 0 Å². The quantitative estimate of drug-likeness (QED) is 0.665. The molecule has 0 saturated heterocycles. The normalized spacial score (nSPS) is 9.77. The van der Waals surface area contributed by atoms with Crippen molar-refractivity contribution in [1.29, 1.82) is 0 Å². The van der Waals surface area contributed by atoms with Crippen LogP contribution in [0.5, 0.6) is 0 Å². The van der Waals surface area contributed by atoms with E-state index in [1.165, 1.54) is 0 Å². The van der Waals surface area contributed by atoms with E-state index >= 15 is 0 Å². The number of hydrogen-bond acceptors (Lipinski definition) is 2. The third kappa shape index (κ3) is 1.74. The molecule has 0 heterocycles. The Bertz CT molecular complexity index is 374. The fourth-order valence-corrected chi connectivity index (χ4v) is 0.888. The molecule has 0 aromatic heterocycles. The summed E-state index contributed by atoms with van der Waals surface area (Å²) in [6.07, 6.45) is 0. The van der Waals surface area contributed by atoms with E-state index in [4.69, 9.17) is 0 Å². The molecule has 0 aliphatic carbocycles. The zero-order valence-corrected chi connectivity index (χ0v) is 6.18. The molecular weight excluding hydrogens is 185 g/mol. The molecule has 1 rings (SSSR count). The summed E-state index contributed by atoms with van der Waals surface area (Å²) >= 11 is 0. The average Bonchev–Trinajstić information content (AvgIpc) is 2.02. The smallest absolute Gasteiger partial charge is 0.255 e.